The molecule has 0 radical (unpaired) electrons. The van der Waals surface area contributed by atoms with Crippen LogP contribution in [0.15, 0.2) is 4.99 Å². The van der Waals surface area contributed by atoms with Crippen LogP contribution in [0, 0.1) is 0 Å². The standard InChI is InChI=1S/C10H23N5O2/c1-7(6-17-4)13-9(15-12)14-10(2,3)5-8(11)16/h7H,5-6,12H2,1-4H3,(H2,11,16)(H2,13,14,15). The molecule has 0 aromatic heterocycles. The summed E-state index contributed by atoms with van der Waals surface area (Å²) in [5, 5.41) is 3.02. The second-order valence-corrected chi connectivity index (χ2v) is 4.58. The summed E-state index contributed by atoms with van der Waals surface area (Å²) < 4.78 is 4.97. The highest BCUT2D eigenvalue weighted by molar-refractivity contribution is 5.82. The second kappa shape index (κ2) is 7.08. The fourth-order valence-electron chi connectivity index (χ4n) is 1.40. The Hall–Kier alpha value is -1.34. The monoisotopic (exact) mass is 245 g/mol. The average Bonchev–Trinajstić information content (AvgIpc) is 2.14. The molecule has 0 saturated carbocycles. The zero-order valence-electron chi connectivity index (χ0n) is 10.9. The van der Waals surface area contributed by atoms with Crippen molar-refractivity contribution in [3.05, 3.63) is 0 Å². The highest BCUT2D eigenvalue weighted by atomic mass is 16.5. The first-order valence-corrected chi connectivity index (χ1v) is 5.40. The first kappa shape index (κ1) is 15.7. The first-order chi connectivity index (χ1) is 7.80. The number of carbonyl (C=O) groups is 1. The average molecular weight is 245 g/mol. The number of aliphatic imine (C=N–C) groups is 1. The molecule has 0 aliphatic rings. The van der Waals surface area contributed by atoms with Crippen molar-refractivity contribution < 1.29 is 9.53 Å². The van der Waals surface area contributed by atoms with Gasteiger partial charge in [0.15, 0.2) is 0 Å². The Bertz CT molecular complexity index is 278. The molecular weight excluding hydrogens is 222 g/mol. The minimum atomic E-state index is -0.510. The summed E-state index contributed by atoms with van der Waals surface area (Å²) in [7, 11) is 1.60. The molecule has 0 aromatic carbocycles. The van der Waals surface area contributed by atoms with Gasteiger partial charge in [-0.1, -0.05) is 0 Å². The van der Waals surface area contributed by atoms with Crippen LogP contribution in [0.1, 0.15) is 27.2 Å². The van der Waals surface area contributed by atoms with Crippen LogP contribution in [0.25, 0.3) is 0 Å². The van der Waals surface area contributed by atoms with E-state index in [0.717, 1.165) is 0 Å². The van der Waals surface area contributed by atoms with E-state index in [4.69, 9.17) is 16.3 Å². The first-order valence-electron chi connectivity index (χ1n) is 5.40. The number of nitrogens with two attached hydrogens (primary N) is 2. The van der Waals surface area contributed by atoms with Crippen molar-refractivity contribution in [2.24, 2.45) is 16.6 Å². The molecule has 6 N–H and O–H groups in total. The maximum Gasteiger partial charge on any atom is 0.219 e. The van der Waals surface area contributed by atoms with Crippen LogP contribution >= 0.6 is 0 Å². The van der Waals surface area contributed by atoms with Gasteiger partial charge in [0.1, 0.15) is 0 Å². The Morgan fingerprint density at radius 3 is 2.53 bits per heavy atom. The molecule has 1 amide bonds. The van der Waals surface area contributed by atoms with E-state index in [1.807, 2.05) is 20.8 Å². The topological polar surface area (TPSA) is 115 Å². The van der Waals surface area contributed by atoms with Gasteiger partial charge >= 0.3 is 0 Å². The second-order valence-electron chi connectivity index (χ2n) is 4.58. The molecule has 0 fully saturated rings. The molecule has 0 aliphatic heterocycles. The van der Waals surface area contributed by atoms with Crippen LogP contribution in [-0.4, -0.2) is 37.2 Å². The van der Waals surface area contributed by atoms with Crippen LogP contribution in [-0.2, 0) is 9.53 Å². The van der Waals surface area contributed by atoms with E-state index in [2.05, 4.69) is 15.7 Å². The van der Waals surface area contributed by atoms with Gasteiger partial charge in [0.25, 0.3) is 0 Å². The summed E-state index contributed by atoms with van der Waals surface area (Å²) in [4.78, 5) is 15.1. The SMILES string of the molecule is COCC(C)N=C(NN)NC(C)(C)CC(N)=O. The molecule has 0 rings (SSSR count). The van der Waals surface area contributed by atoms with Gasteiger partial charge in [0.2, 0.25) is 11.9 Å². The van der Waals surface area contributed by atoms with E-state index in [-0.39, 0.29) is 18.4 Å². The number of hydrazine groups is 1. The molecule has 0 aromatic rings. The largest absolute Gasteiger partial charge is 0.382 e. The van der Waals surface area contributed by atoms with Crippen LogP contribution in [0.3, 0.4) is 0 Å². The number of methoxy groups -OCH3 is 1. The zero-order valence-corrected chi connectivity index (χ0v) is 10.9. The molecule has 1 atom stereocenters. The van der Waals surface area contributed by atoms with Crippen molar-refractivity contribution >= 4 is 11.9 Å². The van der Waals surface area contributed by atoms with E-state index in [1.54, 1.807) is 7.11 Å². The van der Waals surface area contributed by atoms with Crippen molar-refractivity contribution in [3.63, 3.8) is 0 Å². The maximum absolute atomic E-state index is 10.9. The summed E-state index contributed by atoms with van der Waals surface area (Å²) in [5.74, 6) is 5.37. The number of nitrogens with zero attached hydrogens (tertiary/aromatic N) is 1. The Kier molecular flexibility index (Phi) is 6.52. The van der Waals surface area contributed by atoms with Crippen LogP contribution in [0.2, 0.25) is 0 Å². The highest BCUT2D eigenvalue weighted by Crippen LogP contribution is 2.07. The molecule has 100 valence electrons. The number of nitrogens with one attached hydrogen (secondary N) is 2. The van der Waals surface area contributed by atoms with Crippen molar-refractivity contribution in [3.8, 4) is 0 Å². The maximum atomic E-state index is 10.9. The van der Waals surface area contributed by atoms with Gasteiger partial charge in [-0.05, 0) is 20.8 Å². The van der Waals surface area contributed by atoms with E-state index in [9.17, 15) is 4.79 Å². The molecule has 0 bridgehead atoms. The summed E-state index contributed by atoms with van der Waals surface area (Å²) in [6, 6.07) is -0.0390. The third-order valence-electron chi connectivity index (χ3n) is 1.97. The molecule has 17 heavy (non-hydrogen) atoms. The van der Waals surface area contributed by atoms with Crippen molar-refractivity contribution in [2.75, 3.05) is 13.7 Å². The van der Waals surface area contributed by atoms with Crippen LogP contribution < -0.4 is 22.3 Å². The summed E-state index contributed by atoms with van der Waals surface area (Å²) in [6.07, 6.45) is 0.187. The van der Waals surface area contributed by atoms with Crippen molar-refractivity contribution in [1.82, 2.24) is 10.7 Å². The number of carbonyl (C=O) groups excluding carboxylic acids is 1. The zero-order chi connectivity index (χ0) is 13.5. The molecule has 1 unspecified atom stereocenters. The fraction of sp³-hybridized carbons (Fsp3) is 0.800. The van der Waals surface area contributed by atoms with Crippen LogP contribution in [0.4, 0.5) is 0 Å². The summed E-state index contributed by atoms with van der Waals surface area (Å²) in [6.45, 7) is 6.06. The number of rotatable bonds is 6. The Balaban J connectivity index is 4.52. The van der Waals surface area contributed by atoms with Crippen molar-refractivity contribution in [1.29, 1.82) is 0 Å². The van der Waals surface area contributed by atoms with Crippen molar-refractivity contribution in [2.45, 2.75) is 38.8 Å². The van der Waals surface area contributed by atoms with Gasteiger partial charge in [-0.3, -0.25) is 10.2 Å². The number of guanidine groups is 1. The molecule has 7 nitrogen and oxygen atoms in total. The lowest BCUT2D eigenvalue weighted by Crippen LogP contribution is -2.53. The van der Waals surface area contributed by atoms with Gasteiger partial charge < -0.3 is 15.8 Å². The Morgan fingerprint density at radius 2 is 2.12 bits per heavy atom. The number of hydrogen-bond acceptors (Lipinski definition) is 4. The third kappa shape index (κ3) is 7.53. The summed E-state index contributed by atoms with van der Waals surface area (Å²) in [5.41, 5.74) is 7.10. The lowest BCUT2D eigenvalue weighted by molar-refractivity contribution is -0.119. The smallest absolute Gasteiger partial charge is 0.219 e. The highest BCUT2D eigenvalue weighted by Gasteiger charge is 2.21. The molecule has 7 heteroatoms. The molecule has 0 saturated heterocycles. The fourth-order valence-corrected chi connectivity index (χ4v) is 1.40. The van der Waals surface area contributed by atoms with E-state index >= 15 is 0 Å². The minimum Gasteiger partial charge on any atom is -0.382 e. The lowest BCUT2D eigenvalue weighted by Gasteiger charge is -2.27. The Labute approximate surface area is 102 Å². The van der Waals surface area contributed by atoms with E-state index < -0.39 is 5.54 Å². The predicted molar refractivity (Wildman–Crippen MR) is 67.1 cm³/mol. The van der Waals surface area contributed by atoms with E-state index in [0.29, 0.717) is 12.6 Å². The normalized spacial score (nSPS) is 14.3. The number of ether oxygens (including phenoxy) is 1. The van der Waals surface area contributed by atoms with Gasteiger partial charge in [-0.15, -0.1) is 0 Å². The molecular formula is C10H23N5O2. The molecule has 0 heterocycles. The van der Waals surface area contributed by atoms with Gasteiger partial charge in [0.05, 0.1) is 12.6 Å². The van der Waals surface area contributed by atoms with Gasteiger partial charge in [-0.25, -0.2) is 10.8 Å². The third-order valence-corrected chi connectivity index (χ3v) is 1.97. The van der Waals surface area contributed by atoms with E-state index in [1.165, 1.54) is 0 Å². The van der Waals surface area contributed by atoms with Crippen LogP contribution in [0.5, 0.6) is 0 Å². The predicted octanol–water partition coefficient (Wildman–Crippen LogP) is -0.916. The quantitative estimate of drug-likeness (QED) is 0.209. The van der Waals surface area contributed by atoms with Gasteiger partial charge in [0, 0.05) is 19.1 Å². The minimum absolute atomic E-state index is 0.0390. The number of amides is 1. The summed E-state index contributed by atoms with van der Waals surface area (Å²) >= 11 is 0. The molecule has 0 spiro atoms. The number of hydrogen-bond donors (Lipinski definition) is 4. The Morgan fingerprint density at radius 1 is 1.53 bits per heavy atom. The van der Waals surface area contributed by atoms with Gasteiger partial charge in [-0.2, -0.15) is 0 Å². The number of primary amides is 1. The molecule has 0 aliphatic carbocycles. The lowest BCUT2D eigenvalue weighted by atomic mass is 10.0.